The van der Waals surface area contributed by atoms with Gasteiger partial charge in [0.05, 0.1) is 0 Å². The summed E-state index contributed by atoms with van der Waals surface area (Å²) in [6, 6.07) is 17.8. The zero-order chi connectivity index (χ0) is 17.9. The van der Waals surface area contributed by atoms with Crippen molar-refractivity contribution in [3.05, 3.63) is 64.6 Å². The van der Waals surface area contributed by atoms with Gasteiger partial charge in [0, 0.05) is 36.7 Å². The van der Waals surface area contributed by atoms with Gasteiger partial charge in [-0.1, -0.05) is 46.3 Å². The van der Waals surface area contributed by atoms with Gasteiger partial charge in [-0.3, -0.25) is 9.79 Å². The minimum Gasteiger partial charge on any atom is -0.356 e. The summed E-state index contributed by atoms with van der Waals surface area (Å²) in [5.74, 6) is 0.668. The van der Waals surface area contributed by atoms with E-state index in [4.69, 9.17) is 0 Å². The first-order valence-corrected chi connectivity index (χ1v) is 9.00. The number of hydrogen-bond donors (Lipinski definition) is 3. The monoisotopic (exact) mass is 530 g/mol. The fourth-order valence-corrected chi connectivity index (χ4v) is 2.51. The van der Waals surface area contributed by atoms with Crippen LogP contribution in [0.25, 0.3) is 0 Å². The molecule has 3 N–H and O–H groups in total. The van der Waals surface area contributed by atoms with E-state index in [0.29, 0.717) is 18.9 Å². The van der Waals surface area contributed by atoms with Crippen molar-refractivity contribution in [2.75, 3.05) is 25.5 Å². The molecule has 0 aromatic heterocycles. The van der Waals surface area contributed by atoms with Crippen molar-refractivity contribution >= 4 is 57.5 Å². The summed E-state index contributed by atoms with van der Waals surface area (Å²) in [5.41, 5.74) is 2.07. The zero-order valence-electron chi connectivity index (χ0n) is 14.7. The standard InChI is InChI=1S/C19H23BrN4O.HI/c1-21-19(22-13-11-15-5-3-2-4-6-15)23-14-12-18(25)24-17-9-7-16(20)8-10-17;/h2-10H,11-14H2,1H3,(H,24,25)(H2,21,22,23);1H. The molecule has 2 rings (SSSR count). The van der Waals surface area contributed by atoms with Crippen LogP contribution in [-0.2, 0) is 11.2 Å². The van der Waals surface area contributed by atoms with Gasteiger partial charge in [-0.05, 0) is 36.2 Å². The summed E-state index contributed by atoms with van der Waals surface area (Å²) in [6.07, 6.45) is 1.29. The van der Waals surface area contributed by atoms with Crippen LogP contribution in [-0.4, -0.2) is 32.0 Å². The number of hydrogen-bond acceptors (Lipinski definition) is 2. The lowest BCUT2D eigenvalue weighted by molar-refractivity contribution is -0.116. The number of nitrogens with one attached hydrogen (secondary N) is 3. The van der Waals surface area contributed by atoms with Crippen LogP contribution in [0.15, 0.2) is 64.1 Å². The molecule has 0 aliphatic heterocycles. The second kappa shape index (κ2) is 12.7. The maximum atomic E-state index is 11.9. The van der Waals surface area contributed by atoms with Crippen molar-refractivity contribution in [1.82, 2.24) is 10.6 Å². The first-order valence-electron chi connectivity index (χ1n) is 8.21. The van der Waals surface area contributed by atoms with E-state index in [0.717, 1.165) is 23.1 Å². The van der Waals surface area contributed by atoms with Crippen molar-refractivity contribution in [3.8, 4) is 0 Å². The molecule has 0 spiro atoms. The van der Waals surface area contributed by atoms with Gasteiger partial charge in [0.1, 0.15) is 0 Å². The maximum absolute atomic E-state index is 11.9. The molecule has 0 heterocycles. The number of amides is 1. The van der Waals surface area contributed by atoms with Crippen molar-refractivity contribution in [3.63, 3.8) is 0 Å². The van der Waals surface area contributed by atoms with E-state index in [1.165, 1.54) is 5.56 Å². The molecule has 0 aliphatic rings. The average molecular weight is 531 g/mol. The van der Waals surface area contributed by atoms with Crippen molar-refractivity contribution in [1.29, 1.82) is 0 Å². The molecule has 0 saturated carbocycles. The summed E-state index contributed by atoms with van der Waals surface area (Å²) in [4.78, 5) is 16.1. The van der Waals surface area contributed by atoms with E-state index in [1.807, 2.05) is 42.5 Å². The van der Waals surface area contributed by atoms with Crippen LogP contribution in [0.4, 0.5) is 5.69 Å². The fourth-order valence-electron chi connectivity index (χ4n) is 2.24. The number of anilines is 1. The lowest BCUT2D eigenvalue weighted by Crippen LogP contribution is -2.39. The summed E-state index contributed by atoms with van der Waals surface area (Å²) >= 11 is 3.37. The predicted molar refractivity (Wildman–Crippen MR) is 122 cm³/mol. The molecule has 0 radical (unpaired) electrons. The second-order valence-electron chi connectivity index (χ2n) is 5.47. The van der Waals surface area contributed by atoms with Crippen LogP contribution in [0.1, 0.15) is 12.0 Å². The quantitative estimate of drug-likeness (QED) is 0.290. The molecule has 0 unspecified atom stereocenters. The molecule has 7 heteroatoms. The largest absolute Gasteiger partial charge is 0.356 e. The molecule has 140 valence electrons. The Balaban J connectivity index is 0.00000338. The van der Waals surface area contributed by atoms with Crippen LogP contribution in [0.3, 0.4) is 0 Å². The van der Waals surface area contributed by atoms with E-state index in [2.05, 4.69) is 49.0 Å². The number of aliphatic imine (C=N–C) groups is 1. The SMILES string of the molecule is CN=C(NCCC(=O)Nc1ccc(Br)cc1)NCCc1ccccc1.I. The van der Waals surface area contributed by atoms with Gasteiger partial charge in [-0.2, -0.15) is 0 Å². The van der Waals surface area contributed by atoms with E-state index in [9.17, 15) is 4.79 Å². The van der Waals surface area contributed by atoms with E-state index < -0.39 is 0 Å². The van der Waals surface area contributed by atoms with Crippen molar-refractivity contribution in [2.45, 2.75) is 12.8 Å². The second-order valence-corrected chi connectivity index (χ2v) is 6.38. The maximum Gasteiger partial charge on any atom is 0.226 e. The predicted octanol–water partition coefficient (Wildman–Crippen LogP) is 3.80. The number of nitrogens with zero attached hydrogens (tertiary/aromatic N) is 1. The third-order valence-corrected chi connectivity index (χ3v) is 4.07. The van der Waals surface area contributed by atoms with Gasteiger partial charge in [0.2, 0.25) is 5.91 Å². The molecular weight excluding hydrogens is 507 g/mol. The Kier molecular flexibility index (Phi) is 11.0. The van der Waals surface area contributed by atoms with E-state index in [1.54, 1.807) is 7.05 Å². The Morgan fingerprint density at radius 3 is 2.31 bits per heavy atom. The topological polar surface area (TPSA) is 65.5 Å². The van der Waals surface area contributed by atoms with Gasteiger partial charge in [0.15, 0.2) is 5.96 Å². The summed E-state index contributed by atoms with van der Waals surface area (Å²) in [7, 11) is 1.72. The lowest BCUT2D eigenvalue weighted by Gasteiger charge is -2.12. The molecule has 0 bridgehead atoms. The number of benzene rings is 2. The normalized spacial score (nSPS) is 10.6. The highest BCUT2D eigenvalue weighted by Gasteiger charge is 2.03. The number of halogens is 2. The molecule has 1 amide bonds. The Bertz CT molecular complexity index is 692. The van der Waals surface area contributed by atoms with E-state index >= 15 is 0 Å². The zero-order valence-corrected chi connectivity index (χ0v) is 18.6. The molecule has 2 aromatic rings. The van der Waals surface area contributed by atoms with Crippen LogP contribution in [0.5, 0.6) is 0 Å². The Hall–Kier alpha value is -1.61. The van der Waals surface area contributed by atoms with Crippen LogP contribution < -0.4 is 16.0 Å². The third kappa shape index (κ3) is 8.66. The Morgan fingerprint density at radius 2 is 1.65 bits per heavy atom. The van der Waals surface area contributed by atoms with Gasteiger partial charge in [-0.15, -0.1) is 24.0 Å². The minimum atomic E-state index is -0.0328. The summed E-state index contributed by atoms with van der Waals surface area (Å²) in [5, 5.41) is 9.27. The Morgan fingerprint density at radius 1 is 1.00 bits per heavy atom. The Labute approximate surface area is 180 Å². The summed E-state index contributed by atoms with van der Waals surface area (Å²) < 4.78 is 0.984. The molecule has 0 atom stereocenters. The number of carbonyl (C=O) groups is 1. The fraction of sp³-hybridized carbons (Fsp3) is 0.263. The van der Waals surface area contributed by atoms with Crippen molar-refractivity contribution in [2.24, 2.45) is 4.99 Å². The minimum absolute atomic E-state index is 0. The highest BCUT2D eigenvalue weighted by atomic mass is 127. The first kappa shape index (κ1) is 22.4. The molecule has 0 fully saturated rings. The van der Waals surface area contributed by atoms with Gasteiger partial charge >= 0.3 is 0 Å². The van der Waals surface area contributed by atoms with Gasteiger partial charge in [-0.25, -0.2) is 0 Å². The van der Waals surface area contributed by atoms with Crippen LogP contribution in [0.2, 0.25) is 0 Å². The number of guanidine groups is 1. The molecule has 2 aromatic carbocycles. The third-order valence-electron chi connectivity index (χ3n) is 3.55. The smallest absolute Gasteiger partial charge is 0.226 e. The molecule has 26 heavy (non-hydrogen) atoms. The average Bonchev–Trinajstić information content (AvgIpc) is 2.63. The first-order chi connectivity index (χ1) is 12.2. The molecule has 5 nitrogen and oxygen atoms in total. The number of rotatable bonds is 7. The van der Waals surface area contributed by atoms with Crippen LogP contribution >= 0.6 is 39.9 Å². The van der Waals surface area contributed by atoms with Gasteiger partial charge < -0.3 is 16.0 Å². The van der Waals surface area contributed by atoms with Gasteiger partial charge in [0.25, 0.3) is 0 Å². The number of carbonyl (C=O) groups excluding carboxylic acids is 1. The van der Waals surface area contributed by atoms with Crippen LogP contribution in [0, 0.1) is 0 Å². The molecular formula is C19H24BrIN4O. The summed E-state index contributed by atoms with van der Waals surface area (Å²) in [6.45, 7) is 1.31. The molecule has 0 aliphatic carbocycles. The van der Waals surface area contributed by atoms with Crippen molar-refractivity contribution < 1.29 is 4.79 Å². The molecule has 0 saturated heterocycles. The highest BCUT2D eigenvalue weighted by molar-refractivity contribution is 14.0. The highest BCUT2D eigenvalue weighted by Crippen LogP contribution is 2.14. The van der Waals surface area contributed by atoms with E-state index in [-0.39, 0.29) is 29.9 Å². The lowest BCUT2D eigenvalue weighted by atomic mass is 10.1.